The van der Waals surface area contributed by atoms with Gasteiger partial charge in [0, 0.05) is 19.7 Å². The third-order valence-electron chi connectivity index (χ3n) is 5.30. The summed E-state index contributed by atoms with van der Waals surface area (Å²) >= 11 is 12.1. The summed E-state index contributed by atoms with van der Waals surface area (Å²) in [6.07, 6.45) is 1.28. The first-order valence-corrected chi connectivity index (χ1v) is 13.2. The molecular weight excluding hydrogens is 517 g/mol. The summed E-state index contributed by atoms with van der Waals surface area (Å²) in [7, 11) is 0.365. The maximum atomic E-state index is 13.6. The van der Waals surface area contributed by atoms with E-state index in [1.807, 2.05) is 0 Å². The zero-order valence-corrected chi connectivity index (χ0v) is 22.5. The number of hydrogen-bond donors (Lipinski definition) is 1. The molecule has 2 rings (SSSR count). The minimum absolute atomic E-state index is 0.00843. The molecule has 0 bridgehead atoms. The van der Waals surface area contributed by atoms with Crippen LogP contribution in [0.15, 0.2) is 36.4 Å². The van der Waals surface area contributed by atoms with Crippen molar-refractivity contribution in [2.45, 2.75) is 25.9 Å². The fourth-order valence-electron chi connectivity index (χ4n) is 3.51. The average molecular weight is 546 g/mol. The van der Waals surface area contributed by atoms with Gasteiger partial charge in [0.2, 0.25) is 21.8 Å². The topological polar surface area (TPSA) is 105 Å². The highest BCUT2D eigenvalue weighted by atomic mass is 35.5. The molecular formula is C23H29Cl2N3O6S. The summed E-state index contributed by atoms with van der Waals surface area (Å²) < 4.78 is 37.0. The predicted octanol–water partition coefficient (Wildman–Crippen LogP) is 3.33. The molecule has 0 spiro atoms. The molecule has 1 N–H and O–H groups in total. The van der Waals surface area contributed by atoms with E-state index in [0.29, 0.717) is 27.8 Å². The fourth-order valence-corrected chi connectivity index (χ4v) is 4.67. The molecule has 192 valence electrons. The SMILES string of the molecule is CCC(C(=O)NC)N(Cc1ccc(Cl)c(Cl)c1)C(=O)CN(c1cc(OC)ccc1OC)S(C)(=O)=O. The number of carbonyl (C=O) groups excluding carboxylic acids is 2. The summed E-state index contributed by atoms with van der Waals surface area (Å²) in [6, 6.07) is 8.64. The van der Waals surface area contributed by atoms with E-state index >= 15 is 0 Å². The Hall–Kier alpha value is -2.69. The number of likely N-dealkylation sites (N-methyl/N-ethyl adjacent to an activating group) is 1. The third-order valence-corrected chi connectivity index (χ3v) is 7.17. The van der Waals surface area contributed by atoms with Gasteiger partial charge in [-0.15, -0.1) is 0 Å². The maximum Gasteiger partial charge on any atom is 0.244 e. The number of anilines is 1. The number of nitrogens with one attached hydrogen (secondary N) is 1. The normalized spacial score (nSPS) is 12.0. The van der Waals surface area contributed by atoms with Gasteiger partial charge in [-0.3, -0.25) is 13.9 Å². The van der Waals surface area contributed by atoms with Crippen LogP contribution in [0.2, 0.25) is 10.0 Å². The molecule has 0 saturated carbocycles. The Labute approximate surface area is 215 Å². The minimum Gasteiger partial charge on any atom is -0.497 e. The van der Waals surface area contributed by atoms with Crippen LogP contribution >= 0.6 is 23.2 Å². The van der Waals surface area contributed by atoms with Crippen LogP contribution in [0.4, 0.5) is 5.69 Å². The van der Waals surface area contributed by atoms with Gasteiger partial charge in [-0.05, 0) is 36.2 Å². The number of carbonyl (C=O) groups is 2. The zero-order valence-electron chi connectivity index (χ0n) is 20.2. The summed E-state index contributed by atoms with van der Waals surface area (Å²) in [6.45, 7) is 1.19. The molecule has 0 fully saturated rings. The van der Waals surface area contributed by atoms with Crippen molar-refractivity contribution < 1.29 is 27.5 Å². The van der Waals surface area contributed by atoms with Crippen LogP contribution in [-0.2, 0) is 26.2 Å². The summed E-state index contributed by atoms with van der Waals surface area (Å²) in [5.41, 5.74) is 0.755. The smallest absolute Gasteiger partial charge is 0.244 e. The first-order valence-electron chi connectivity index (χ1n) is 10.6. The second-order valence-corrected chi connectivity index (χ2v) is 10.3. The Balaban J connectivity index is 2.53. The first kappa shape index (κ1) is 28.5. The monoisotopic (exact) mass is 545 g/mol. The fraction of sp³-hybridized carbons (Fsp3) is 0.391. The quantitative estimate of drug-likeness (QED) is 0.464. The number of methoxy groups -OCH3 is 2. The average Bonchev–Trinajstić information content (AvgIpc) is 2.82. The van der Waals surface area contributed by atoms with Gasteiger partial charge in [-0.1, -0.05) is 36.2 Å². The van der Waals surface area contributed by atoms with Crippen molar-refractivity contribution in [3.8, 4) is 11.5 Å². The molecule has 2 amide bonds. The molecule has 0 heterocycles. The Morgan fingerprint density at radius 1 is 1.06 bits per heavy atom. The van der Waals surface area contributed by atoms with Gasteiger partial charge in [0.25, 0.3) is 0 Å². The van der Waals surface area contributed by atoms with E-state index in [4.69, 9.17) is 32.7 Å². The molecule has 2 aromatic rings. The third kappa shape index (κ3) is 7.16. The molecule has 35 heavy (non-hydrogen) atoms. The number of ether oxygens (including phenoxy) is 2. The van der Waals surface area contributed by atoms with Gasteiger partial charge >= 0.3 is 0 Å². The van der Waals surface area contributed by atoms with Crippen LogP contribution in [0.25, 0.3) is 0 Å². The largest absolute Gasteiger partial charge is 0.497 e. The van der Waals surface area contributed by atoms with Crippen LogP contribution in [0.5, 0.6) is 11.5 Å². The molecule has 1 unspecified atom stereocenters. The van der Waals surface area contributed by atoms with Crippen LogP contribution < -0.4 is 19.1 Å². The standard InChI is InChI=1S/C23H29Cl2N3O6S/c1-6-19(23(30)26-2)27(13-15-7-9-17(24)18(25)11-15)22(29)14-28(35(5,31)32)20-12-16(33-3)8-10-21(20)34-4/h7-12,19H,6,13-14H2,1-5H3,(H,26,30). The number of benzene rings is 2. The number of nitrogens with zero attached hydrogens (tertiary/aromatic N) is 2. The van der Waals surface area contributed by atoms with Crippen molar-refractivity contribution >= 4 is 50.7 Å². The predicted molar refractivity (Wildman–Crippen MR) is 137 cm³/mol. The molecule has 0 radical (unpaired) electrons. The van der Waals surface area contributed by atoms with Gasteiger partial charge in [-0.25, -0.2) is 8.42 Å². The molecule has 1 atom stereocenters. The molecule has 0 saturated heterocycles. The highest BCUT2D eigenvalue weighted by molar-refractivity contribution is 7.92. The first-order chi connectivity index (χ1) is 16.5. The molecule has 12 heteroatoms. The number of rotatable bonds is 11. The molecule has 0 aliphatic carbocycles. The van der Waals surface area contributed by atoms with Crippen LogP contribution in [0.1, 0.15) is 18.9 Å². The molecule has 0 aliphatic heterocycles. The van der Waals surface area contributed by atoms with Crippen molar-refractivity contribution in [1.29, 1.82) is 0 Å². The van der Waals surface area contributed by atoms with Crippen molar-refractivity contribution in [2.24, 2.45) is 0 Å². The number of sulfonamides is 1. The lowest BCUT2D eigenvalue weighted by Crippen LogP contribution is -2.51. The van der Waals surface area contributed by atoms with Crippen LogP contribution in [0.3, 0.4) is 0 Å². The number of amides is 2. The second kappa shape index (κ2) is 12.3. The Morgan fingerprint density at radius 3 is 2.26 bits per heavy atom. The molecule has 2 aromatic carbocycles. The van der Waals surface area contributed by atoms with E-state index in [2.05, 4.69) is 5.32 Å². The van der Waals surface area contributed by atoms with E-state index in [0.717, 1.165) is 10.6 Å². The lowest BCUT2D eigenvalue weighted by molar-refractivity contribution is -0.140. The summed E-state index contributed by atoms with van der Waals surface area (Å²) in [5, 5.41) is 3.20. The zero-order chi connectivity index (χ0) is 26.3. The lowest BCUT2D eigenvalue weighted by Gasteiger charge is -2.33. The van der Waals surface area contributed by atoms with Gasteiger partial charge in [-0.2, -0.15) is 0 Å². The van der Waals surface area contributed by atoms with Gasteiger partial charge in [0.1, 0.15) is 24.1 Å². The van der Waals surface area contributed by atoms with E-state index in [1.54, 1.807) is 37.3 Å². The molecule has 0 aromatic heterocycles. The van der Waals surface area contributed by atoms with Crippen molar-refractivity contribution in [3.05, 3.63) is 52.0 Å². The molecule has 9 nitrogen and oxygen atoms in total. The van der Waals surface area contributed by atoms with Gasteiger partial charge in [0.15, 0.2) is 0 Å². The van der Waals surface area contributed by atoms with Crippen molar-refractivity contribution in [2.75, 3.05) is 38.4 Å². The minimum atomic E-state index is -3.94. The van der Waals surface area contributed by atoms with E-state index in [-0.39, 0.29) is 23.9 Å². The molecule has 0 aliphatic rings. The van der Waals surface area contributed by atoms with Crippen LogP contribution in [0, 0.1) is 0 Å². The highest BCUT2D eigenvalue weighted by Gasteiger charge is 2.32. The summed E-state index contributed by atoms with van der Waals surface area (Å²) in [4.78, 5) is 27.6. The van der Waals surface area contributed by atoms with Crippen molar-refractivity contribution in [1.82, 2.24) is 10.2 Å². The second-order valence-electron chi connectivity index (χ2n) is 7.62. The maximum absolute atomic E-state index is 13.6. The lowest BCUT2D eigenvalue weighted by atomic mass is 10.1. The van der Waals surface area contributed by atoms with E-state index in [1.165, 1.54) is 32.2 Å². The van der Waals surface area contributed by atoms with Gasteiger partial charge < -0.3 is 19.7 Å². The van der Waals surface area contributed by atoms with E-state index < -0.39 is 28.5 Å². The highest BCUT2D eigenvalue weighted by Crippen LogP contribution is 2.34. The van der Waals surface area contributed by atoms with E-state index in [9.17, 15) is 18.0 Å². The number of hydrogen-bond acceptors (Lipinski definition) is 6. The Bertz CT molecular complexity index is 1180. The van der Waals surface area contributed by atoms with Crippen LogP contribution in [-0.4, -0.2) is 65.2 Å². The van der Waals surface area contributed by atoms with Gasteiger partial charge in [0.05, 0.1) is 36.2 Å². The van der Waals surface area contributed by atoms with Crippen molar-refractivity contribution in [3.63, 3.8) is 0 Å². The Kier molecular flexibility index (Phi) is 10.1. The Morgan fingerprint density at radius 2 is 1.74 bits per heavy atom. The summed E-state index contributed by atoms with van der Waals surface area (Å²) in [5.74, 6) is -0.364. The number of halogens is 2.